The molecule has 2 aromatic heterocycles. The van der Waals surface area contributed by atoms with Crippen LogP contribution in [0.15, 0.2) is 18.6 Å². The fraction of sp³-hybridized carbons (Fsp3) is 0.556. The van der Waals surface area contributed by atoms with E-state index in [9.17, 15) is 9.59 Å². The summed E-state index contributed by atoms with van der Waals surface area (Å²) in [7, 11) is 0. The highest BCUT2D eigenvalue weighted by atomic mass is 16.5. The summed E-state index contributed by atoms with van der Waals surface area (Å²) in [6, 6.07) is 0. The molecule has 27 heavy (non-hydrogen) atoms. The van der Waals surface area contributed by atoms with Gasteiger partial charge >= 0.3 is 0 Å². The van der Waals surface area contributed by atoms with Crippen LogP contribution in [0, 0.1) is 6.92 Å². The van der Waals surface area contributed by atoms with Gasteiger partial charge in [0.25, 0.3) is 11.8 Å². The van der Waals surface area contributed by atoms with E-state index in [1.54, 1.807) is 27.4 Å². The first-order valence-electron chi connectivity index (χ1n) is 9.08. The number of rotatable bonds is 2. The Balaban J connectivity index is 1.54. The normalized spacial score (nSPS) is 23.6. The van der Waals surface area contributed by atoms with Crippen molar-refractivity contribution < 1.29 is 19.1 Å². The second-order valence-corrected chi connectivity index (χ2v) is 7.17. The van der Waals surface area contributed by atoms with Crippen molar-refractivity contribution in [2.45, 2.75) is 19.4 Å². The lowest BCUT2D eigenvalue weighted by molar-refractivity contribution is -0.168. The molecule has 0 unspecified atom stereocenters. The number of carbonyl (C=O) groups is 2. The maximum absolute atomic E-state index is 13.1. The van der Waals surface area contributed by atoms with Gasteiger partial charge in [0.2, 0.25) is 0 Å². The second kappa shape index (κ2) is 6.90. The van der Waals surface area contributed by atoms with Gasteiger partial charge in [-0.25, -0.2) is 9.50 Å². The minimum absolute atomic E-state index is 0.100. The number of aromatic nitrogens is 3. The third kappa shape index (κ3) is 3.28. The average Bonchev–Trinajstić information content (AvgIpc) is 3.10. The molecule has 0 radical (unpaired) electrons. The van der Waals surface area contributed by atoms with E-state index in [-0.39, 0.29) is 18.4 Å². The summed E-state index contributed by atoms with van der Waals surface area (Å²) >= 11 is 0. The molecule has 4 heterocycles. The molecule has 0 spiro atoms. The van der Waals surface area contributed by atoms with Crippen molar-refractivity contribution in [2.24, 2.45) is 0 Å². The summed E-state index contributed by atoms with van der Waals surface area (Å²) in [6.45, 7) is 6.74. The minimum atomic E-state index is -1.06. The monoisotopic (exact) mass is 373 g/mol. The number of fused-ring (bicyclic) bond motifs is 1. The summed E-state index contributed by atoms with van der Waals surface area (Å²) < 4.78 is 12.7. The molecule has 2 aromatic rings. The number of hydrogen-bond acceptors (Lipinski definition) is 6. The van der Waals surface area contributed by atoms with Gasteiger partial charge in [-0.15, -0.1) is 0 Å². The molecule has 0 saturated carbocycles. The van der Waals surface area contributed by atoms with Crippen molar-refractivity contribution >= 4 is 17.5 Å². The molecule has 2 amide bonds. The van der Waals surface area contributed by atoms with Crippen LogP contribution in [0.5, 0.6) is 0 Å². The summed E-state index contributed by atoms with van der Waals surface area (Å²) in [5.74, 6) is -0.289. The number of carbonyl (C=O) groups excluding carboxylic acids is 2. The van der Waals surface area contributed by atoms with E-state index in [2.05, 4.69) is 10.1 Å². The van der Waals surface area contributed by atoms with Crippen molar-refractivity contribution in [1.82, 2.24) is 24.4 Å². The molecule has 2 aliphatic rings. The standard InChI is InChI=1S/C18H23N5O4/c1-13-9-19-15-14(10-20-23(15)11-13)16(24)22-5-8-27-18(2,12-22)17(25)21-3-6-26-7-4-21/h9-11H,3-8,12H2,1-2H3/t18-/m1/s1. The quantitative estimate of drug-likeness (QED) is 0.743. The Kier molecular flexibility index (Phi) is 4.56. The smallest absolute Gasteiger partial charge is 0.259 e. The van der Waals surface area contributed by atoms with Crippen LogP contribution in [0.2, 0.25) is 0 Å². The fourth-order valence-electron chi connectivity index (χ4n) is 3.56. The Bertz CT molecular complexity index is 876. The highest BCUT2D eigenvalue weighted by Gasteiger charge is 2.43. The number of amides is 2. The van der Waals surface area contributed by atoms with Gasteiger partial charge in [0.1, 0.15) is 5.56 Å². The summed E-state index contributed by atoms with van der Waals surface area (Å²) in [5, 5.41) is 4.23. The van der Waals surface area contributed by atoms with Crippen molar-refractivity contribution in [3.8, 4) is 0 Å². The topological polar surface area (TPSA) is 89.3 Å². The zero-order valence-corrected chi connectivity index (χ0v) is 15.6. The van der Waals surface area contributed by atoms with Crippen LogP contribution in [0.1, 0.15) is 22.8 Å². The lowest BCUT2D eigenvalue weighted by Crippen LogP contribution is -2.61. The van der Waals surface area contributed by atoms with E-state index >= 15 is 0 Å². The summed E-state index contributed by atoms with van der Waals surface area (Å²) in [6.07, 6.45) is 5.06. The van der Waals surface area contributed by atoms with E-state index in [0.717, 1.165) is 5.56 Å². The van der Waals surface area contributed by atoms with Crippen molar-refractivity contribution in [2.75, 3.05) is 46.0 Å². The zero-order chi connectivity index (χ0) is 19.0. The van der Waals surface area contributed by atoms with E-state index in [0.29, 0.717) is 50.7 Å². The number of ether oxygens (including phenoxy) is 2. The molecule has 0 aliphatic carbocycles. The molecule has 0 bridgehead atoms. The Hall–Kier alpha value is -2.52. The molecule has 2 fully saturated rings. The molecule has 9 heteroatoms. The predicted octanol–water partition coefficient (Wildman–Crippen LogP) is 0.128. The van der Waals surface area contributed by atoms with Gasteiger partial charge in [0, 0.05) is 32.0 Å². The third-order valence-electron chi connectivity index (χ3n) is 5.03. The lowest BCUT2D eigenvalue weighted by Gasteiger charge is -2.42. The molecule has 2 aliphatic heterocycles. The SMILES string of the molecule is Cc1cnc2c(C(=O)N3CCO[C@@](C)(C(=O)N4CCOCC4)C3)cnn2c1. The van der Waals surface area contributed by atoms with Gasteiger partial charge in [-0.3, -0.25) is 9.59 Å². The molecule has 1 atom stereocenters. The van der Waals surface area contributed by atoms with Gasteiger partial charge < -0.3 is 19.3 Å². The molecule has 4 rings (SSSR count). The van der Waals surface area contributed by atoms with E-state index in [4.69, 9.17) is 9.47 Å². The van der Waals surface area contributed by atoms with E-state index in [1.165, 1.54) is 6.20 Å². The van der Waals surface area contributed by atoms with Crippen LogP contribution in [-0.4, -0.2) is 87.8 Å². The maximum Gasteiger partial charge on any atom is 0.259 e. The summed E-state index contributed by atoms with van der Waals surface area (Å²) in [5.41, 5.74) is 0.842. The molecule has 144 valence electrons. The zero-order valence-electron chi connectivity index (χ0n) is 15.6. The Labute approximate surface area is 156 Å². The van der Waals surface area contributed by atoms with E-state index < -0.39 is 5.60 Å². The Morgan fingerprint density at radius 2 is 1.85 bits per heavy atom. The molecular weight excluding hydrogens is 350 g/mol. The van der Waals surface area contributed by atoms with Gasteiger partial charge in [0.15, 0.2) is 11.2 Å². The van der Waals surface area contributed by atoms with Crippen LogP contribution in [0.4, 0.5) is 0 Å². The molecule has 0 N–H and O–H groups in total. The van der Waals surface area contributed by atoms with Gasteiger partial charge in [-0.05, 0) is 19.4 Å². The van der Waals surface area contributed by atoms with Gasteiger partial charge in [-0.2, -0.15) is 5.10 Å². The first-order valence-corrected chi connectivity index (χ1v) is 9.08. The van der Waals surface area contributed by atoms with Crippen LogP contribution in [0.3, 0.4) is 0 Å². The van der Waals surface area contributed by atoms with Crippen LogP contribution in [-0.2, 0) is 14.3 Å². The number of aryl methyl sites for hydroxylation is 1. The first-order chi connectivity index (χ1) is 13.0. The van der Waals surface area contributed by atoms with Crippen LogP contribution < -0.4 is 0 Å². The lowest BCUT2D eigenvalue weighted by atomic mass is 10.0. The molecule has 2 saturated heterocycles. The van der Waals surface area contributed by atoms with Crippen LogP contribution in [0.25, 0.3) is 5.65 Å². The molecule has 9 nitrogen and oxygen atoms in total. The van der Waals surface area contributed by atoms with Crippen LogP contribution >= 0.6 is 0 Å². The number of hydrogen-bond donors (Lipinski definition) is 0. The first kappa shape index (κ1) is 17.9. The largest absolute Gasteiger partial charge is 0.378 e. The predicted molar refractivity (Wildman–Crippen MR) is 95.4 cm³/mol. The van der Waals surface area contributed by atoms with Gasteiger partial charge in [-0.1, -0.05) is 0 Å². The van der Waals surface area contributed by atoms with Gasteiger partial charge in [0.05, 0.1) is 32.6 Å². The average molecular weight is 373 g/mol. The summed E-state index contributed by atoms with van der Waals surface area (Å²) in [4.78, 5) is 33.8. The highest BCUT2D eigenvalue weighted by Crippen LogP contribution is 2.23. The Morgan fingerprint density at radius 3 is 2.63 bits per heavy atom. The second-order valence-electron chi connectivity index (χ2n) is 7.17. The fourth-order valence-corrected chi connectivity index (χ4v) is 3.56. The van der Waals surface area contributed by atoms with Crippen molar-refractivity contribution in [3.05, 3.63) is 29.7 Å². The number of nitrogens with zero attached hydrogens (tertiary/aromatic N) is 5. The highest BCUT2D eigenvalue weighted by molar-refractivity contribution is 6.00. The molecule has 0 aromatic carbocycles. The number of morpholine rings is 2. The minimum Gasteiger partial charge on any atom is -0.378 e. The van der Waals surface area contributed by atoms with E-state index in [1.807, 2.05) is 13.1 Å². The Morgan fingerprint density at radius 1 is 1.11 bits per heavy atom. The maximum atomic E-state index is 13.1. The van der Waals surface area contributed by atoms with Crippen molar-refractivity contribution in [1.29, 1.82) is 0 Å². The third-order valence-corrected chi connectivity index (χ3v) is 5.03. The molecular formula is C18H23N5O4. The van der Waals surface area contributed by atoms with Crippen molar-refractivity contribution in [3.63, 3.8) is 0 Å².